The van der Waals surface area contributed by atoms with Gasteiger partial charge in [0.2, 0.25) is 5.56 Å². The van der Waals surface area contributed by atoms with Crippen LogP contribution >= 0.6 is 0 Å². The zero-order chi connectivity index (χ0) is 13.1. The monoisotopic (exact) mass is 247 g/mol. The highest BCUT2D eigenvalue weighted by Crippen LogP contribution is 2.32. The van der Waals surface area contributed by atoms with E-state index in [2.05, 4.69) is 11.9 Å². The van der Waals surface area contributed by atoms with Gasteiger partial charge in [0.15, 0.2) is 0 Å². The molecule has 0 fully saturated rings. The number of nitrogens with one attached hydrogen (secondary N) is 1. The molecule has 0 unspecified atom stereocenters. The van der Waals surface area contributed by atoms with E-state index in [4.69, 9.17) is 9.47 Å². The molecule has 0 radical (unpaired) electrons. The second kappa shape index (κ2) is 5.12. The summed E-state index contributed by atoms with van der Waals surface area (Å²) < 4.78 is 10.6. The van der Waals surface area contributed by atoms with Crippen LogP contribution in [0.25, 0.3) is 10.9 Å². The van der Waals surface area contributed by atoms with Gasteiger partial charge in [0.25, 0.3) is 0 Å². The maximum Gasteiger partial charge on any atom is 0.248 e. The Kier molecular flexibility index (Phi) is 3.55. The zero-order valence-corrected chi connectivity index (χ0v) is 10.9. The maximum atomic E-state index is 11.6. The van der Waals surface area contributed by atoms with Gasteiger partial charge in [-0.3, -0.25) is 4.79 Å². The number of rotatable bonds is 4. The fourth-order valence-corrected chi connectivity index (χ4v) is 2.16. The Balaban J connectivity index is 2.80. The van der Waals surface area contributed by atoms with Crippen molar-refractivity contribution >= 4 is 10.9 Å². The number of aromatic amines is 1. The van der Waals surface area contributed by atoms with Crippen molar-refractivity contribution in [1.29, 1.82) is 0 Å². The van der Waals surface area contributed by atoms with Gasteiger partial charge in [-0.25, -0.2) is 0 Å². The molecule has 0 saturated carbocycles. The molecule has 4 heteroatoms. The lowest BCUT2D eigenvalue weighted by atomic mass is 10.0. The highest BCUT2D eigenvalue weighted by Gasteiger charge is 2.11. The van der Waals surface area contributed by atoms with Gasteiger partial charge in [0.05, 0.1) is 19.7 Å². The van der Waals surface area contributed by atoms with Crippen LogP contribution in [0.2, 0.25) is 0 Å². The van der Waals surface area contributed by atoms with Crippen LogP contribution in [0.5, 0.6) is 11.5 Å². The van der Waals surface area contributed by atoms with Crippen LogP contribution in [0.1, 0.15) is 18.9 Å². The van der Waals surface area contributed by atoms with E-state index < -0.39 is 0 Å². The highest BCUT2D eigenvalue weighted by molar-refractivity contribution is 5.89. The van der Waals surface area contributed by atoms with Crippen LogP contribution in [-0.2, 0) is 6.42 Å². The van der Waals surface area contributed by atoms with Gasteiger partial charge in [-0.05, 0) is 12.0 Å². The van der Waals surface area contributed by atoms with Crippen molar-refractivity contribution in [3.63, 3.8) is 0 Å². The molecule has 2 aromatic rings. The molecular formula is C14H17NO3. The lowest BCUT2D eigenvalue weighted by Crippen LogP contribution is -2.07. The van der Waals surface area contributed by atoms with Crippen LogP contribution in [0, 0.1) is 0 Å². The number of ether oxygens (including phenoxy) is 2. The first kappa shape index (κ1) is 12.5. The fourth-order valence-electron chi connectivity index (χ4n) is 2.16. The van der Waals surface area contributed by atoms with Crippen molar-refractivity contribution in [2.45, 2.75) is 19.8 Å². The number of hydrogen-bond donors (Lipinski definition) is 1. The van der Waals surface area contributed by atoms with E-state index in [-0.39, 0.29) is 5.56 Å². The molecule has 1 aromatic carbocycles. The molecule has 4 nitrogen and oxygen atoms in total. The summed E-state index contributed by atoms with van der Waals surface area (Å²) in [6, 6.07) is 5.29. The summed E-state index contributed by atoms with van der Waals surface area (Å²) in [5, 5.41) is 0.958. The summed E-state index contributed by atoms with van der Waals surface area (Å²) in [6.45, 7) is 2.09. The fraction of sp³-hybridized carbons (Fsp3) is 0.357. The van der Waals surface area contributed by atoms with Gasteiger partial charge >= 0.3 is 0 Å². The molecule has 0 aliphatic carbocycles. The number of benzene rings is 1. The quantitative estimate of drug-likeness (QED) is 0.903. The lowest BCUT2D eigenvalue weighted by Gasteiger charge is -2.11. The predicted molar refractivity (Wildman–Crippen MR) is 71.7 cm³/mol. The first-order valence-corrected chi connectivity index (χ1v) is 5.97. The molecule has 2 rings (SSSR count). The first-order valence-electron chi connectivity index (χ1n) is 5.97. The van der Waals surface area contributed by atoms with Crippen LogP contribution in [-0.4, -0.2) is 19.2 Å². The SMILES string of the molecule is CCCc1cc(=O)[nH]c2cc(OC)cc(OC)c12. The van der Waals surface area contributed by atoms with Gasteiger partial charge in [0, 0.05) is 23.6 Å². The van der Waals surface area contributed by atoms with Crippen molar-refractivity contribution in [3.05, 3.63) is 34.1 Å². The summed E-state index contributed by atoms with van der Waals surface area (Å²) in [7, 11) is 3.21. The molecule has 0 saturated heterocycles. The Morgan fingerprint density at radius 2 is 1.94 bits per heavy atom. The Hall–Kier alpha value is -1.97. The number of methoxy groups -OCH3 is 2. The molecule has 0 atom stereocenters. The van der Waals surface area contributed by atoms with E-state index in [9.17, 15) is 4.79 Å². The van der Waals surface area contributed by atoms with E-state index in [1.54, 1.807) is 20.3 Å². The number of aryl methyl sites for hydroxylation is 1. The van der Waals surface area contributed by atoms with Crippen molar-refractivity contribution in [2.24, 2.45) is 0 Å². The molecule has 1 N–H and O–H groups in total. The summed E-state index contributed by atoms with van der Waals surface area (Å²) in [5.41, 5.74) is 1.67. The summed E-state index contributed by atoms with van der Waals surface area (Å²) in [4.78, 5) is 14.5. The van der Waals surface area contributed by atoms with Gasteiger partial charge in [0.1, 0.15) is 11.5 Å². The Labute approximate surface area is 106 Å². The average Bonchev–Trinajstić information content (AvgIpc) is 2.37. The number of hydrogen-bond acceptors (Lipinski definition) is 3. The van der Waals surface area contributed by atoms with E-state index in [1.165, 1.54) is 0 Å². The second-order valence-corrected chi connectivity index (χ2v) is 4.16. The molecule has 18 heavy (non-hydrogen) atoms. The second-order valence-electron chi connectivity index (χ2n) is 4.16. The van der Waals surface area contributed by atoms with E-state index >= 15 is 0 Å². The van der Waals surface area contributed by atoms with Gasteiger partial charge in [-0.1, -0.05) is 13.3 Å². The van der Waals surface area contributed by atoms with Crippen molar-refractivity contribution in [1.82, 2.24) is 4.98 Å². The predicted octanol–water partition coefficient (Wildman–Crippen LogP) is 2.50. The molecule has 96 valence electrons. The van der Waals surface area contributed by atoms with Crippen LogP contribution in [0.15, 0.2) is 23.0 Å². The Bertz CT molecular complexity index is 616. The minimum Gasteiger partial charge on any atom is -0.497 e. The largest absolute Gasteiger partial charge is 0.497 e. The lowest BCUT2D eigenvalue weighted by molar-refractivity contribution is 0.397. The molecular weight excluding hydrogens is 230 g/mol. The summed E-state index contributed by atoms with van der Waals surface area (Å²) >= 11 is 0. The molecule has 0 aliphatic heterocycles. The van der Waals surface area contributed by atoms with Crippen LogP contribution in [0.3, 0.4) is 0 Å². The zero-order valence-electron chi connectivity index (χ0n) is 10.9. The van der Waals surface area contributed by atoms with Crippen LogP contribution < -0.4 is 15.0 Å². The van der Waals surface area contributed by atoms with Crippen LogP contribution in [0.4, 0.5) is 0 Å². The number of pyridine rings is 1. The molecule has 1 aromatic heterocycles. The maximum absolute atomic E-state index is 11.6. The van der Waals surface area contributed by atoms with E-state index in [1.807, 2.05) is 12.1 Å². The van der Waals surface area contributed by atoms with Gasteiger partial charge in [-0.2, -0.15) is 0 Å². The summed E-state index contributed by atoms with van der Waals surface area (Å²) in [5.74, 6) is 1.40. The normalized spacial score (nSPS) is 10.6. The number of aromatic nitrogens is 1. The standard InChI is InChI=1S/C14H17NO3/c1-4-5-9-6-13(16)15-11-7-10(17-2)8-12(18-3)14(9)11/h6-8H,4-5H2,1-3H3,(H,15,16). The van der Waals surface area contributed by atoms with Crippen molar-refractivity contribution in [2.75, 3.05) is 14.2 Å². The minimum absolute atomic E-state index is 0.0961. The molecule has 0 spiro atoms. The van der Waals surface area contributed by atoms with Crippen molar-refractivity contribution < 1.29 is 9.47 Å². The highest BCUT2D eigenvalue weighted by atomic mass is 16.5. The minimum atomic E-state index is -0.0961. The van der Waals surface area contributed by atoms with Gasteiger partial charge in [-0.15, -0.1) is 0 Å². The molecule has 0 bridgehead atoms. The Morgan fingerprint density at radius 3 is 2.56 bits per heavy atom. The van der Waals surface area contributed by atoms with E-state index in [0.29, 0.717) is 5.75 Å². The Morgan fingerprint density at radius 1 is 1.17 bits per heavy atom. The van der Waals surface area contributed by atoms with E-state index in [0.717, 1.165) is 35.1 Å². The van der Waals surface area contributed by atoms with Crippen molar-refractivity contribution in [3.8, 4) is 11.5 Å². The third-order valence-electron chi connectivity index (χ3n) is 2.93. The number of H-pyrrole nitrogens is 1. The third-order valence-corrected chi connectivity index (χ3v) is 2.93. The third kappa shape index (κ3) is 2.18. The smallest absolute Gasteiger partial charge is 0.248 e. The average molecular weight is 247 g/mol. The molecule has 0 amide bonds. The van der Waals surface area contributed by atoms with Gasteiger partial charge < -0.3 is 14.5 Å². The summed E-state index contributed by atoms with van der Waals surface area (Å²) in [6.07, 6.45) is 1.83. The number of fused-ring (bicyclic) bond motifs is 1. The first-order chi connectivity index (χ1) is 8.69. The topological polar surface area (TPSA) is 51.3 Å². The molecule has 0 aliphatic rings. The molecule has 1 heterocycles.